The molecule has 0 amide bonds. The Labute approximate surface area is 163 Å². The summed E-state index contributed by atoms with van der Waals surface area (Å²) in [6.07, 6.45) is 5.97. The summed E-state index contributed by atoms with van der Waals surface area (Å²) < 4.78 is 5.79. The molecular weight excluding hydrogens is 328 g/mol. The standard InChI is InChI=1S/C26H28O/c1-3-5-6-7-18-27-26-16-12-22(13-17-26)8-9-23-11-15-24-19-21(4-2)10-14-25(24)20-23/h10-17,19-20H,3-7,18H2,1-2H3. The van der Waals surface area contributed by atoms with Crippen molar-refractivity contribution in [1.82, 2.24) is 0 Å². The zero-order chi connectivity index (χ0) is 18.9. The van der Waals surface area contributed by atoms with Gasteiger partial charge in [-0.1, -0.05) is 69.2 Å². The fourth-order valence-electron chi connectivity index (χ4n) is 3.09. The van der Waals surface area contributed by atoms with Crippen LogP contribution in [0.25, 0.3) is 10.8 Å². The van der Waals surface area contributed by atoms with Crippen molar-refractivity contribution in [1.29, 1.82) is 0 Å². The molecule has 0 unspecified atom stereocenters. The first-order valence-corrected chi connectivity index (χ1v) is 10.1. The number of ether oxygens (including phenoxy) is 1. The largest absolute Gasteiger partial charge is 0.494 e. The van der Waals surface area contributed by atoms with Crippen molar-refractivity contribution >= 4 is 10.8 Å². The highest BCUT2D eigenvalue weighted by molar-refractivity contribution is 5.84. The van der Waals surface area contributed by atoms with Gasteiger partial charge in [0.1, 0.15) is 5.75 Å². The predicted octanol–water partition coefficient (Wildman–Crippen LogP) is 6.76. The average molecular weight is 357 g/mol. The molecule has 1 nitrogen and oxygen atoms in total. The van der Waals surface area contributed by atoms with Crippen LogP contribution >= 0.6 is 0 Å². The molecule has 0 aromatic heterocycles. The molecule has 0 heterocycles. The highest BCUT2D eigenvalue weighted by Crippen LogP contribution is 2.18. The lowest BCUT2D eigenvalue weighted by molar-refractivity contribution is 0.305. The summed E-state index contributed by atoms with van der Waals surface area (Å²) in [5, 5.41) is 2.52. The van der Waals surface area contributed by atoms with Crippen molar-refractivity contribution in [2.75, 3.05) is 6.61 Å². The first-order valence-electron chi connectivity index (χ1n) is 10.1. The summed E-state index contributed by atoms with van der Waals surface area (Å²) in [5.41, 5.74) is 3.42. The lowest BCUT2D eigenvalue weighted by atomic mass is 10.0. The Hall–Kier alpha value is -2.72. The molecule has 3 rings (SSSR count). The third-order valence-electron chi connectivity index (χ3n) is 4.79. The van der Waals surface area contributed by atoms with Gasteiger partial charge >= 0.3 is 0 Å². The maximum atomic E-state index is 5.79. The molecule has 0 saturated carbocycles. The van der Waals surface area contributed by atoms with Gasteiger partial charge in [-0.25, -0.2) is 0 Å². The van der Waals surface area contributed by atoms with E-state index in [4.69, 9.17) is 4.74 Å². The summed E-state index contributed by atoms with van der Waals surface area (Å²) >= 11 is 0. The fourth-order valence-corrected chi connectivity index (χ4v) is 3.09. The Morgan fingerprint density at radius 2 is 1.41 bits per heavy atom. The average Bonchev–Trinajstić information content (AvgIpc) is 2.72. The Morgan fingerprint density at radius 1 is 0.704 bits per heavy atom. The van der Waals surface area contributed by atoms with Crippen molar-refractivity contribution in [2.24, 2.45) is 0 Å². The van der Waals surface area contributed by atoms with Gasteiger partial charge < -0.3 is 4.74 Å². The minimum atomic E-state index is 0.794. The summed E-state index contributed by atoms with van der Waals surface area (Å²) in [7, 11) is 0. The second-order valence-electron chi connectivity index (χ2n) is 6.93. The third kappa shape index (κ3) is 5.63. The van der Waals surface area contributed by atoms with Gasteiger partial charge in [0, 0.05) is 11.1 Å². The van der Waals surface area contributed by atoms with Crippen LogP contribution in [-0.2, 0) is 6.42 Å². The van der Waals surface area contributed by atoms with E-state index >= 15 is 0 Å². The van der Waals surface area contributed by atoms with Crippen molar-refractivity contribution < 1.29 is 4.74 Å². The second-order valence-corrected chi connectivity index (χ2v) is 6.93. The van der Waals surface area contributed by atoms with E-state index < -0.39 is 0 Å². The molecule has 0 radical (unpaired) electrons. The third-order valence-corrected chi connectivity index (χ3v) is 4.79. The number of benzene rings is 3. The Bertz CT molecular complexity index is 926. The van der Waals surface area contributed by atoms with Gasteiger partial charge in [-0.05, 0) is 65.6 Å². The van der Waals surface area contributed by atoms with Crippen molar-refractivity contribution in [3.63, 3.8) is 0 Å². The first-order chi connectivity index (χ1) is 13.3. The van der Waals surface area contributed by atoms with Crippen LogP contribution in [0.5, 0.6) is 5.75 Å². The minimum Gasteiger partial charge on any atom is -0.494 e. The zero-order valence-electron chi connectivity index (χ0n) is 16.4. The molecule has 0 aliphatic rings. The molecule has 0 atom stereocenters. The Morgan fingerprint density at radius 3 is 2.19 bits per heavy atom. The van der Waals surface area contributed by atoms with Crippen LogP contribution in [-0.4, -0.2) is 6.61 Å². The quantitative estimate of drug-likeness (QED) is 0.335. The highest BCUT2D eigenvalue weighted by Gasteiger charge is 1.97. The molecule has 0 N–H and O–H groups in total. The molecule has 0 spiro atoms. The topological polar surface area (TPSA) is 9.23 Å². The van der Waals surface area contributed by atoms with E-state index in [-0.39, 0.29) is 0 Å². The van der Waals surface area contributed by atoms with Crippen LogP contribution in [0.2, 0.25) is 0 Å². The molecule has 0 fully saturated rings. The number of hydrogen-bond acceptors (Lipinski definition) is 1. The lowest BCUT2D eigenvalue weighted by Gasteiger charge is -2.05. The summed E-state index contributed by atoms with van der Waals surface area (Å²) in [6.45, 7) is 5.20. The van der Waals surface area contributed by atoms with Gasteiger partial charge in [0.25, 0.3) is 0 Å². The number of rotatable bonds is 7. The van der Waals surface area contributed by atoms with Crippen molar-refractivity contribution in [3.05, 3.63) is 77.4 Å². The molecule has 0 aliphatic carbocycles. The maximum absolute atomic E-state index is 5.79. The van der Waals surface area contributed by atoms with Gasteiger partial charge in [0.15, 0.2) is 0 Å². The van der Waals surface area contributed by atoms with E-state index in [1.165, 1.54) is 35.6 Å². The van der Waals surface area contributed by atoms with Crippen LogP contribution in [0, 0.1) is 11.8 Å². The van der Waals surface area contributed by atoms with Gasteiger partial charge in [0.05, 0.1) is 6.61 Å². The summed E-state index contributed by atoms with van der Waals surface area (Å²) in [6, 6.07) is 21.1. The second kappa shape index (κ2) is 9.83. The molecular formula is C26H28O. The molecule has 1 heteroatoms. The summed E-state index contributed by atoms with van der Waals surface area (Å²) in [4.78, 5) is 0. The number of hydrogen-bond donors (Lipinski definition) is 0. The van der Waals surface area contributed by atoms with E-state index in [9.17, 15) is 0 Å². The maximum Gasteiger partial charge on any atom is 0.119 e. The van der Waals surface area contributed by atoms with Gasteiger partial charge in [-0.3, -0.25) is 0 Å². The Kier molecular flexibility index (Phi) is 6.94. The molecule has 0 saturated heterocycles. The van der Waals surface area contributed by atoms with E-state index in [0.29, 0.717) is 0 Å². The molecule has 0 bridgehead atoms. The number of aryl methyl sites for hydroxylation is 1. The first kappa shape index (κ1) is 19.1. The van der Waals surface area contributed by atoms with E-state index in [0.717, 1.165) is 36.3 Å². The van der Waals surface area contributed by atoms with Crippen LogP contribution in [0.3, 0.4) is 0 Å². The van der Waals surface area contributed by atoms with Crippen LogP contribution in [0.15, 0.2) is 60.7 Å². The smallest absolute Gasteiger partial charge is 0.119 e. The van der Waals surface area contributed by atoms with Crippen LogP contribution < -0.4 is 4.74 Å². The highest BCUT2D eigenvalue weighted by atomic mass is 16.5. The van der Waals surface area contributed by atoms with Crippen LogP contribution in [0.4, 0.5) is 0 Å². The van der Waals surface area contributed by atoms with Crippen LogP contribution in [0.1, 0.15) is 56.2 Å². The molecule has 3 aromatic rings. The van der Waals surface area contributed by atoms with Crippen molar-refractivity contribution in [3.8, 4) is 17.6 Å². The number of fused-ring (bicyclic) bond motifs is 1. The van der Waals surface area contributed by atoms with E-state index in [2.05, 4.69) is 62.1 Å². The molecule has 3 aromatic carbocycles. The zero-order valence-corrected chi connectivity index (χ0v) is 16.4. The van der Waals surface area contributed by atoms with Crippen molar-refractivity contribution in [2.45, 2.75) is 46.0 Å². The SMILES string of the molecule is CCCCCCOc1ccc(C#Cc2ccc3cc(CC)ccc3c2)cc1. The molecule has 27 heavy (non-hydrogen) atoms. The Balaban J connectivity index is 1.62. The normalized spacial score (nSPS) is 10.4. The monoisotopic (exact) mass is 356 g/mol. The van der Waals surface area contributed by atoms with Gasteiger partial charge in [0.2, 0.25) is 0 Å². The fraction of sp³-hybridized carbons (Fsp3) is 0.308. The van der Waals surface area contributed by atoms with E-state index in [1.54, 1.807) is 0 Å². The lowest BCUT2D eigenvalue weighted by Crippen LogP contribution is -1.96. The van der Waals surface area contributed by atoms with Gasteiger partial charge in [-0.15, -0.1) is 0 Å². The van der Waals surface area contributed by atoms with Gasteiger partial charge in [-0.2, -0.15) is 0 Å². The molecule has 0 aliphatic heterocycles. The molecule has 138 valence electrons. The minimum absolute atomic E-state index is 0.794. The van der Waals surface area contributed by atoms with E-state index in [1.807, 2.05) is 24.3 Å². The number of unbranched alkanes of at least 4 members (excludes halogenated alkanes) is 3. The summed E-state index contributed by atoms with van der Waals surface area (Å²) in [5.74, 6) is 7.46. The predicted molar refractivity (Wildman–Crippen MR) is 115 cm³/mol.